The summed E-state index contributed by atoms with van der Waals surface area (Å²) in [6.45, 7) is 10.8. The third-order valence-electron chi connectivity index (χ3n) is 4.13. The van der Waals surface area contributed by atoms with Gasteiger partial charge in [0.25, 0.3) is 0 Å². The summed E-state index contributed by atoms with van der Waals surface area (Å²) in [6, 6.07) is 3.41. The van der Waals surface area contributed by atoms with E-state index in [1.165, 1.54) is 0 Å². The van der Waals surface area contributed by atoms with Crippen LogP contribution in [0.4, 0.5) is 0 Å². The molecule has 0 spiro atoms. The highest BCUT2D eigenvalue weighted by atomic mass is 32.2. The zero-order valence-corrected chi connectivity index (χ0v) is 15.9. The first-order valence-corrected chi connectivity index (χ1v) is 9.22. The molecule has 1 aliphatic heterocycles. The summed E-state index contributed by atoms with van der Waals surface area (Å²) in [7, 11) is 0. The van der Waals surface area contributed by atoms with E-state index in [9.17, 15) is 9.59 Å². The summed E-state index contributed by atoms with van der Waals surface area (Å²) in [5.41, 5.74) is -0.292. The van der Waals surface area contributed by atoms with Gasteiger partial charge in [-0.05, 0) is 25.5 Å². The second-order valence-electron chi connectivity index (χ2n) is 7.07. The van der Waals surface area contributed by atoms with Crippen molar-refractivity contribution in [2.45, 2.75) is 45.4 Å². The van der Waals surface area contributed by atoms with E-state index in [-0.39, 0.29) is 23.3 Å². The van der Waals surface area contributed by atoms with E-state index < -0.39 is 11.4 Å². The van der Waals surface area contributed by atoms with Gasteiger partial charge in [-0.25, -0.2) is 0 Å². The fourth-order valence-corrected chi connectivity index (χ4v) is 3.89. The van der Waals surface area contributed by atoms with Crippen molar-refractivity contribution in [1.29, 1.82) is 0 Å². The Morgan fingerprint density at radius 1 is 1.46 bits per heavy atom. The average Bonchev–Trinajstić information content (AvgIpc) is 2.53. The van der Waals surface area contributed by atoms with Crippen molar-refractivity contribution in [1.82, 2.24) is 9.88 Å². The SMILES string of the molecule is CCOC(=O)[C@@]1(C)C(=O)N(CCSC(C)(C)C)[C@H]1c1cccnc1. The first kappa shape index (κ1) is 18.8. The summed E-state index contributed by atoms with van der Waals surface area (Å²) < 4.78 is 5.31. The van der Waals surface area contributed by atoms with E-state index in [4.69, 9.17) is 4.74 Å². The van der Waals surface area contributed by atoms with Crippen LogP contribution in [0.2, 0.25) is 0 Å². The van der Waals surface area contributed by atoms with Crippen molar-refractivity contribution >= 4 is 23.6 Å². The van der Waals surface area contributed by atoms with E-state index in [2.05, 4.69) is 25.8 Å². The van der Waals surface area contributed by atoms with Crippen LogP contribution in [0, 0.1) is 5.41 Å². The van der Waals surface area contributed by atoms with E-state index in [0.29, 0.717) is 6.54 Å². The molecule has 0 aromatic carbocycles. The zero-order valence-electron chi connectivity index (χ0n) is 15.0. The standard InChI is InChI=1S/C18H26N2O3S/c1-6-23-16(22)18(5)14(13-8-7-9-19-12-13)20(15(18)21)10-11-24-17(2,3)4/h7-9,12,14H,6,10-11H2,1-5H3/t14-,18+/m0/s1. The minimum absolute atomic E-state index is 0.141. The maximum atomic E-state index is 12.7. The van der Waals surface area contributed by atoms with Crippen LogP contribution in [-0.2, 0) is 14.3 Å². The van der Waals surface area contributed by atoms with Gasteiger partial charge in [0.15, 0.2) is 5.41 Å². The Balaban J connectivity index is 2.22. The van der Waals surface area contributed by atoms with Crippen LogP contribution < -0.4 is 0 Å². The van der Waals surface area contributed by atoms with Crippen LogP contribution in [-0.4, -0.2) is 45.4 Å². The average molecular weight is 350 g/mol. The Kier molecular flexibility index (Phi) is 5.58. The molecule has 0 aliphatic carbocycles. The lowest BCUT2D eigenvalue weighted by molar-refractivity contribution is -0.188. The molecule has 1 saturated heterocycles. The summed E-state index contributed by atoms with van der Waals surface area (Å²) in [4.78, 5) is 31.1. The maximum absolute atomic E-state index is 12.7. The van der Waals surface area contributed by atoms with Crippen LogP contribution >= 0.6 is 11.8 Å². The number of pyridine rings is 1. The van der Waals surface area contributed by atoms with Crippen LogP contribution in [0.3, 0.4) is 0 Å². The van der Waals surface area contributed by atoms with Crippen molar-refractivity contribution in [2.75, 3.05) is 18.9 Å². The fourth-order valence-electron chi connectivity index (χ4n) is 2.99. The first-order valence-electron chi connectivity index (χ1n) is 8.24. The number of likely N-dealkylation sites (tertiary alicyclic amines) is 1. The molecule has 2 atom stereocenters. The first-order chi connectivity index (χ1) is 11.2. The molecule has 132 valence electrons. The second kappa shape index (κ2) is 7.13. The number of hydrogen-bond acceptors (Lipinski definition) is 5. The van der Waals surface area contributed by atoms with Gasteiger partial charge in [-0.15, -0.1) is 0 Å². The predicted octanol–water partition coefficient (Wildman–Crippen LogP) is 3.07. The Morgan fingerprint density at radius 2 is 2.17 bits per heavy atom. The number of amides is 1. The van der Waals surface area contributed by atoms with Crippen LogP contribution in [0.1, 0.15) is 46.2 Å². The molecule has 0 bridgehead atoms. The molecule has 1 amide bonds. The molecule has 0 N–H and O–H groups in total. The fraction of sp³-hybridized carbons (Fsp3) is 0.611. The highest BCUT2D eigenvalue weighted by Crippen LogP contribution is 2.50. The summed E-state index contributed by atoms with van der Waals surface area (Å²) in [5.74, 6) is 0.207. The molecular formula is C18H26N2O3S. The lowest BCUT2D eigenvalue weighted by Crippen LogP contribution is -2.66. The van der Waals surface area contributed by atoms with E-state index >= 15 is 0 Å². The molecule has 1 fully saturated rings. The number of carbonyl (C=O) groups excluding carboxylic acids is 2. The number of rotatable bonds is 6. The molecular weight excluding hydrogens is 324 g/mol. The number of hydrogen-bond donors (Lipinski definition) is 0. The van der Waals surface area contributed by atoms with E-state index in [1.807, 2.05) is 12.1 Å². The van der Waals surface area contributed by atoms with Gasteiger partial charge < -0.3 is 9.64 Å². The van der Waals surface area contributed by atoms with Gasteiger partial charge in [0, 0.05) is 29.4 Å². The van der Waals surface area contributed by atoms with Gasteiger partial charge in [-0.2, -0.15) is 11.8 Å². The number of thioether (sulfide) groups is 1. The number of ether oxygens (including phenoxy) is 1. The van der Waals surface area contributed by atoms with Crippen molar-refractivity contribution in [3.05, 3.63) is 30.1 Å². The zero-order chi connectivity index (χ0) is 18.0. The smallest absolute Gasteiger partial charge is 0.323 e. The number of nitrogens with zero attached hydrogens (tertiary/aromatic N) is 2. The maximum Gasteiger partial charge on any atom is 0.323 e. The molecule has 1 aromatic heterocycles. The topological polar surface area (TPSA) is 59.5 Å². The number of β-lactam (4-membered cyclic amide) rings is 1. The van der Waals surface area contributed by atoms with E-state index in [0.717, 1.165) is 11.3 Å². The van der Waals surface area contributed by atoms with Gasteiger partial charge in [0.1, 0.15) is 0 Å². The van der Waals surface area contributed by atoms with Gasteiger partial charge in [-0.3, -0.25) is 14.6 Å². The third-order valence-corrected chi connectivity index (χ3v) is 5.38. The van der Waals surface area contributed by atoms with Gasteiger partial charge in [-0.1, -0.05) is 26.8 Å². The van der Waals surface area contributed by atoms with Gasteiger partial charge in [0.05, 0.1) is 12.6 Å². The normalized spacial score (nSPS) is 23.8. The summed E-state index contributed by atoms with van der Waals surface area (Å²) >= 11 is 1.80. The quantitative estimate of drug-likeness (QED) is 0.448. The Labute approximate surface area is 148 Å². The number of esters is 1. The summed E-state index contributed by atoms with van der Waals surface area (Å²) in [5, 5.41) is 0. The molecule has 0 saturated carbocycles. The summed E-state index contributed by atoms with van der Waals surface area (Å²) in [6.07, 6.45) is 3.41. The Morgan fingerprint density at radius 3 is 2.71 bits per heavy atom. The molecule has 2 heterocycles. The van der Waals surface area contributed by atoms with Crippen molar-refractivity contribution < 1.29 is 14.3 Å². The molecule has 2 rings (SSSR count). The van der Waals surface area contributed by atoms with Crippen molar-refractivity contribution in [3.8, 4) is 0 Å². The van der Waals surface area contributed by atoms with Gasteiger partial charge >= 0.3 is 5.97 Å². The molecule has 1 aliphatic rings. The lowest BCUT2D eigenvalue weighted by Gasteiger charge is -2.52. The Hall–Kier alpha value is -1.56. The second-order valence-corrected chi connectivity index (χ2v) is 8.99. The predicted molar refractivity (Wildman–Crippen MR) is 95.6 cm³/mol. The Bertz CT molecular complexity index is 600. The monoisotopic (exact) mass is 350 g/mol. The van der Waals surface area contributed by atoms with Crippen LogP contribution in [0.25, 0.3) is 0 Å². The highest BCUT2D eigenvalue weighted by molar-refractivity contribution is 8.00. The minimum atomic E-state index is -1.16. The van der Waals surface area contributed by atoms with Gasteiger partial charge in [0.2, 0.25) is 5.91 Å². The molecule has 24 heavy (non-hydrogen) atoms. The van der Waals surface area contributed by atoms with Crippen LogP contribution in [0.15, 0.2) is 24.5 Å². The highest BCUT2D eigenvalue weighted by Gasteiger charge is 2.63. The minimum Gasteiger partial charge on any atom is -0.465 e. The molecule has 6 heteroatoms. The van der Waals surface area contributed by atoms with Crippen molar-refractivity contribution in [2.24, 2.45) is 5.41 Å². The molecule has 0 unspecified atom stereocenters. The molecule has 1 aromatic rings. The third kappa shape index (κ3) is 3.58. The molecule has 0 radical (unpaired) electrons. The number of carbonyl (C=O) groups is 2. The van der Waals surface area contributed by atoms with Crippen molar-refractivity contribution in [3.63, 3.8) is 0 Å². The largest absolute Gasteiger partial charge is 0.465 e. The lowest BCUT2D eigenvalue weighted by atomic mass is 9.69. The number of aromatic nitrogens is 1. The van der Waals surface area contributed by atoms with Crippen LogP contribution in [0.5, 0.6) is 0 Å². The van der Waals surface area contributed by atoms with E-state index in [1.54, 1.807) is 42.9 Å². The molecule has 5 nitrogen and oxygen atoms in total.